The van der Waals surface area contributed by atoms with E-state index in [2.05, 4.69) is 31.4 Å². The minimum atomic E-state index is -0.586. The summed E-state index contributed by atoms with van der Waals surface area (Å²) in [6, 6.07) is 6.51. The van der Waals surface area contributed by atoms with Gasteiger partial charge in [0.2, 0.25) is 5.91 Å². The van der Waals surface area contributed by atoms with Crippen molar-refractivity contribution in [2.75, 3.05) is 16.9 Å². The molecule has 188 valence electrons. The van der Waals surface area contributed by atoms with E-state index in [-0.39, 0.29) is 23.9 Å². The van der Waals surface area contributed by atoms with Crippen LogP contribution in [-0.2, 0) is 9.63 Å². The minimum Gasteiger partial charge on any atom is -0.336 e. The first-order valence-corrected chi connectivity index (χ1v) is 12.8. The molecule has 0 saturated heterocycles. The maximum absolute atomic E-state index is 12.3. The quantitative estimate of drug-likeness (QED) is 0.155. The summed E-state index contributed by atoms with van der Waals surface area (Å²) in [5, 5.41) is 6.32. The number of carbonyl (C=O) groups excluding carboxylic acids is 2. The lowest BCUT2D eigenvalue weighted by atomic mass is 9.96. The third kappa shape index (κ3) is 12.7. The maximum atomic E-state index is 12.3. The number of carbonyl (C=O) groups is 2. The van der Waals surface area contributed by atoms with Crippen molar-refractivity contribution < 1.29 is 14.4 Å². The molecule has 0 heterocycles. The van der Waals surface area contributed by atoms with Crippen LogP contribution in [0.4, 0.5) is 16.2 Å². The first-order chi connectivity index (χ1) is 15.5. The van der Waals surface area contributed by atoms with Crippen molar-refractivity contribution in [3.05, 3.63) is 24.3 Å². The lowest BCUT2D eigenvalue weighted by Crippen LogP contribution is -2.35. The van der Waals surface area contributed by atoms with Gasteiger partial charge in [0.25, 0.3) is 0 Å². The smallest absolute Gasteiger partial charge is 0.319 e. The first kappa shape index (κ1) is 29.8. The molecule has 0 aromatic heterocycles. The highest BCUT2D eigenvalue weighted by atomic mass is 35.5. The fraction of sp³-hybridized carbons (Fsp3) is 0.667. The molecule has 0 saturated carbocycles. The van der Waals surface area contributed by atoms with E-state index in [0.29, 0.717) is 29.6 Å². The Morgan fingerprint density at radius 3 is 2.33 bits per heavy atom. The number of halogens is 3. The van der Waals surface area contributed by atoms with Gasteiger partial charge in [0.15, 0.2) is 0 Å². The Labute approximate surface area is 213 Å². The van der Waals surface area contributed by atoms with Crippen LogP contribution >= 0.6 is 34.8 Å². The molecule has 0 spiro atoms. The van der Waals surface area contributed by atoms with Gasteiger partial charge in [0.05, 0.1) is 17.2 Å². The van der Waals surface area contributed by atoms with E-state index in [9.17, 15) is 9.59 Å². The van der Waals surface area contributed by atoms with Crippen LogP contribution in [-0.4, -0.2) is 34.8 Å². The molecular weight excluding hydrogens is 485 g/mol. The highest BCUT2D eigenvalue weighted by Gasteiger charge is 2.21. The molecule has 2 N–H and O–H groups in total. The molecule has 0 aliphatic heterocycles. The van der Waals surface area contributed by atoms with Gasteiger partial charge in [-0.25, -0.2) is 4.79 Å². The monoisotopic (exact) mass is 521 g/mol. The Morgan fingerprint density at radius 2 is 1.73 bits per heavy atom. The summed E-state index contributed by atoms with van der Waals surface area (Å²) < 4.78 is 0. The number of unbranched alkanes of at least 4 members (excludes halogenated alkanes) is 1. The van der Waals surface area contributed by atoms with Gasteiger partial charge in [-0.05, 0) is 49.8 Å². The summed E-state index contributed by atoms with van der Waals surface area (Å²) in [4.78, 5) is 29.9. The number of rotatable bonds is 14. The predicted molar refractivity (Wildman–Crippen MR) is 139 cm³/mol. The van der Waals surface area contributed by atoms with Gasteiger partial charge in [0, 0.05) is 19.2 Å². The number of nitrogens with zero attached hydrogens (tertiary/aromatic N) is 1. The standard InChI is InChI=1S/C24H38Cl3N3O3/c1-16(2)9-6-7-10-17(3)18(4)33-30(19(5)31)22-12-8-11-21(14-22)29-24(32)28-15-20(25)13-23(26)27/h8,11-12,14,16-18,20,23H,6-7,9-10,13,15H2,1-5H3,(H2,28,29,32). The molecule has 6 nitrogen and oxygen atoms in total. The van der Waals surface area contributed by atoms with Crippen LogP contribution in [0.1, 0.15) is 66.7 Å². The Balaban J connectivity index is 2.68. The van der Waals surface area contributed by atoms with Crippen LogP contribution in [0.5, 0.6) is 0 Å². The summed E-state index contributed by atoms with van der Waals surface area (Å²) in [6.45, 7) is 10.3. The summed E-state index contributed by atoms with van der Waals surface area (Å²) in [6.07, 6.45) is 4.82. The second-order valence-corrected chi connectivity index (χ2v) is 10.8. The van der Waals surface area contributed by atoms with Crippen LogP contribution < -0.4 is 15.7 Å². The third-order valence-corrected chi connectivity index (χ3v) is 6.00. The van der Waals surface area contributed by atoms with Gasteiger partial charge >= 0.3 is 6.03 Å². The third-order valence-electron chi connectivity index (χ3n) is 5.31. The second-order valence-electron chi connectivity index (χ2n) is 8.89. The number of hydrogen-bond donors (Lipinski definition) is 2. The van der Waals surface area contributed by atoms with Crippen molar-refractivity contribution in [3.63, 3.8) is 0 Å². The van der Waals surface area contributed by atoms with Gasteiger partial charge in [0.1, 0.15) is 4.84 Å². The fourth-order valence-corrected chi connectivity index (χ4v) is 4.07. The van der Waals surface area contributed by atoms with Crippen molar-refractivity contribution in [3.8, 4) is 0 Å². The summed E-state index contributed by atoms with van der Waals surface area (Å²) in [7, 11) is 0. The van der Waals surface area contributed by atoms with E-state index in [4.69, 9.17) is 39.6 Å². The highest BCUT2D eigenvalue weighted by Crippen LogP contribution is 2.24. The highest BCUT2D eigenvalue weighted by molar-refractivity contribution is 6.44. The molecule has 0 aliphatic rings. The Bertz CT molecular complexity index is 734. The van der Waals surface area contributed by atoms with Crippen LogP contribution in [0.2, 0.25) is 0 Å². The van der Waals surface area contributed by atoms with E-state index < -0.39 is 10.9 Å². The zero-order valence-electron chi connectivity index (χ0n) is 20.2. The normalized spacial score (nSPS) is 14.1. The molecule has 0 bridgehead atoms. The zero-order valence-corrected chi connectivity index (χ0v) is 22.5. The Kier molecular flexibility index (Phi) is 14.1. The molecule has 33 heavy (non-hydrogen) atoms. The summed E-state index contributed by atoms with van der Waals surface area (Å²) in [5.41, 5.74) is 1.06. The SMILES string of the molecule is CC(=O)N(OC(C)C(C)CCCCC(C)C)c1cccc(NC(=O)NCC(Cl)CC(Cl)Cl)c1. The maximum Gasteiger partial charge on any atom is 0.319 e. The van der Waals surface area contributed by atoms with E-state index in [1.807, 2.05) is 6.92 Å². The topological polar surface area (TPSA) is 70.7 Å². The number of hydrogen-bond acceptors (Lipinski definition) is 3. The molecule has 3 atom stereocenters. The van der Waals surface area contributed by atoms with Crippen LogP contribution in [0.15, 0.2) is 24.3 Å². The van der Waals surface area contributed by atoms with E-state index in [1.165, 1.54) is 24.8 Å². The van der Waals surface area contributed by atoms with Crippen LogP contribution in [0, 0.1) is 11.8 Å². The average Bonchev–Trinajstić information content (AvgIpc) is 2.72. The van der Waals surface area contributed by atoms with Crippen molar-refractivity contribution in [2.45, 2.75) is 83.0 Å². The molecule has 0 fully saturated rings. The molecule has 1 aromatic rings. The van der Waals surface area contributed by atoms with E-state index >= 15 is 0 Å². The molecule has 0 radical (unpaired) electrons. The number of anilines is 2. The molecular formula is C24H38Cl3N3O3. The lowest BCUT2D eigenvalue weighted by Gasteiger charge is -2.28. The van der Waals surface area contributed by atoms with Crippen LogP contribution in [0.25, 0.3) is 0 Å². The van der Waals surface area contributed by atoms with Gasteiger partial charge in [-0.3, -0.25) is 9.63 Å². The number of hydroxylamine groups is 1. The molecule has 3 unspecified atom stereocenters. The van der Waals surface area contributed by atoms with Crippen molar-refractivity contribution in [2.24, 2.45) is 11.8 Å². The van der Waals surface area contributed by atoms with Gasteiger partial charge < -0.3 is 10.6 Å². The molecule has 1 rings (SSSR count). The van der Waals surface area contributed by atoms with Crippen molar-refractivity contribution in [1.82, 2.24) is 5.32 Å². The molecule has 9 heteroatoms. The second kappa shape index (κ2) is 15.6. The van der Waals surface area contributed by atoms with Crippen LogP contribution in [0.3, 0.4) is 0 Å². The Morgan fingerprint density at radius 1 is 1.06 bits per heavy atom. The summed E-state index contributed by atoms with van der Waals surface area (Å²) >= 11 is 17.5. The van der Waals surface area contributed by atoms with E-state index in [1.54, 1.807) is 24.3 Å². The number of amides is 3. The average molecular weight is 523 g/mol. The van der Waals surface area contributed by atoms with Gasteiger partial charge in [-0.1, -0.05) is 46.1 Å². The number of benzene rings is 1. The number of nitrogens with one attached hydrogen (secondary N) is 2. The number of urea groups is 1. The Hall–Kier alpha value is -1.21. The van der Waals surface area contributed by atoms with E-state index in [0.717, 1.165) is 12.8 Å². The lowest BCUT2D eigenvalue weighted by molar-refractivity contribution is -0.127. The summed E-state index contributed by atoms with van der Waals surface area (Å²) in [5.74, 6) is 0.775. The van der Waals surface area contributed by atoms with Gasteiger partial charge in [-0.2, -0.15) is 5.06 Å². The molecule has 1 aromatic carbocycles. The fourth-order valence-electron chi connectivity index (χ4n) is 3.21. The number of alkyl halides is 3. The van der Waals surface area contributed by atoms with Crippen molar-refractivity contribution in [1.29, 1.82) is 0 Å². The minimum absolute atomic E-state index is 0.138. The first-order valence-electron chi connectivity index (χ1n) is 11.5. The van der Waals surface area contributed by atoms with Crippen molar-refractivity contribution >= 4 is 58.1 Å². The molecule has 0 aliphatic carbocycles. The molecule has 3 amide bonds. The van der Waals surface area contributed by atoms with Gasteiger partial charge in [-0.15, -0.1) is 34.8 Å². The largest absolute Gasteiger partial charge is 0.336 e. The predicted octanol–water partition coefficient (Wildman–Crippen LogP) is 7.13. The zero-order chi connectivity index (χ0) is 25.0.